The van der Waals surface area contributed by atoms with Crippen LogP contribution in [0.5, 0.6) is 5.75 Å². The predicted octanol–water partition coefficient (Wildman–Crippen LogP) is 0.854. The maximum absolute atomic E-state index is 12.1. The number of hydrogen-bond donors (Lipinski definition) is 3. The van der Waals surface area contributed by atoms with Crippen LogP contribution < -0.4 is 11.1 Å². The Morgan fingerprint density at radius 2 is 2.15 bits per heavy atom. The summed E-state index contributed by atoms with van der Waals surface area (Å²) in [5.74, 6) is 0.0491. The summed E-state index contributed by atoms with van der Waals surface area (Å²) in [6, 6.07) is 5.23. The Morgan fingerprint density at radius 1 is 1.45 bits per heavy atom. The molecule has 1 aromatic rings. The normalized spacial score (nSPS) is 17.1. The lowest BCUT2D eigenvalue weighted by Crippen LogP contribution is -2.45. The van der Waals surface area contributed by atoms with E-state index >= 15 is 0 Å². The highest BCUT2D eigenvalue weighted by Gasteiger charge is 2.20. The molecule has 0 unspecified atom stereocenters. The van der Waals surface area contributed by atoms with Gasteiger partial charge in [-0.25, -0.2) is 0 Å². The maximum Gasteiger partial charge on any atom is 0.251 e. The quantitative estimate of drug-likeness (QED) is 0.762. The number of amides is 1. The molecule has 0 saturated carbocycles. The minimum absolute atomic E-state index is 0.113. The fourth-order valence-electron chi connectivity index (χ4n) is 2.50. The lowest BCUT2D eigenvalue weighted by molar-refractivity contribution is 0.0911. The second-order valence-corrected chi connectivity index (χ2v) is 5.38. The largest absolute Gasteiger partial charge is 0.508 e. The van der Waals surface area contributed by atoms with Gasteiger partial charge in [0.15, 0.2) is 0 Å². The van der Waals surface area contributed by atoms with Crippen molar-refractivity contribution in [2.75, 3.05) is 26.2 Å². The molecule has 0 aliphatic carbocycles. The molecule has 1 heterocycles. The molecule has 1 amide bonds. The van der Waals surface area contributed by atoms with Gasteiger partial charge < -0.3 is 21.1 Å². The third-order valence-corrected chi connectivity index (χ3v) is 3.84. The molecule has 5 nitrogen and oxygen atoms in total. The number of carbonyl (C=O) groups is 1. The monoisotopic (exact) mass is 277 g/mol. The van der Waals surface area contributed by atoms with Crippen molar-refractivity contribution in [3.05, 3.63) is 29.3 Å². The van der Waals surface area contributed by atoms with Crippen LogP contribution in [0.1, 0.15) is 28.8 Å². The fraction of sp³-hybridized carbons (Fsp3) is 0.533. The molecule has 1 saturated heterocycles. The number of benzene rings is 1. The second-order valence-electron chi connectivity index (χ2n) is 5.38. The molecule has 1 aromatic carbocycles. The van der Waals surface area contributed by atoms with E-state index in [1.165, 1.54) is 6.07 Å². The van der Waals surface area contributed by atoms with Crippen LogP contribution in [0.4, 0.5) is 0 Å². The van der Waals surface area contributed by atoms with Gasteiger partial charge in [0.25, 0.3) is 5.91 Å². The Hall–Kier alpha value is -1.59. The van der Waals surface area contributed by atoms with Gasteiger partial charge in [0.05, 0.1) is 0 Å². The van der Waals surface area contributed by atoms with Crippen molar-refractivity contribution < 1.29 is 9.90 Å². The Labute approximate surface area is 119 Å². The molecule has 20 heavy (non-hydrogen) atoms. The highest BCUT2D eigenvalue weighted by Crippen LogP contribution is 2.18. The molecule has 0 aromatic heterocycles. The fourth-order valence-corrected chi connectivity index (χ4v) is 2.50. The van der Waals surface area contributed by atoms with E-state index in [0.29, 0.717) is 12.1 Å². The first kappa shape index (κ1) is 14.8. The van der Waals surface area contributed by atoms with Gasteiger partial charge in [0.1, 0.15) is 5.75 Å². The molecule has 1 aliphatic rings. The van der Waals surface area contributed by atoms with Crippen LogP contribution in [0.25, 0.3) is 0 Å². The molecule has 2 rings (SSSR count). The standard InChI is InChI=1S/C15H23N3O2/c1-11-2-3-12(10-14(11)19)15(20)17-13-4-7-18(8-5-13)9-6-16/h2-3,10,13,19H,4-9,16H2,1H3,(H,17,20). The molecule has 0 spiro atoms. The summed E-state index contributed by atoms with van der Waals surface area (Å²) in [5, 5.41) is 12.7. The zero-order valence-electron chi connectivity index (χ0n) is 11.9. The number of phenolic OH excluding ortho intramolecular Hbond substituents is 1. The summed E-state index contributed by atoms with van der Waals surface area (Å²) in [6.07, 6.45) is 1.90. The smallest absolute Gasteiger partial charge is 0.251 e. The SMILES string of the molecule is Cc1ccc(C(=O)NC2CCN(CCN)CC2)cc1O. The van der Waals surface area contributed by atoms with E-state index < -0.39 is 0 Å². The Bertz CT molecular complexity index is 468. The average Bonchev–Trinajstić information content (AvgIpc) is 2.44. The number of nitrogens with one attached hydrogen (secondary N) is 1. The van der Waals surface area contributed by atoms with Crippen molar-refractivity contribution in [2.24, 2.45) is 5.73 Å². The van der Waals surface area contributed by atoms with Crippen molar-refractivity contribution in [1.29, 1.82) is 0 Å². The first-order valence-electron chi connectivity index (χ1n) is 7.13. The van der Waals surface area contributed by atoms with Crippen LogP contribution in [0, 0.1) is 6.92 Å². The van der Waals surface area contributed by atoms with E-state index in [4.69, 9.17) is 5.73 Å². The topological polar surface area (TPSA) is 78.6 Å². The van der Waals surface area contributed by atoms with Crippen LogP contribution >= 0.6 is 0 Å². The average molecular weight is 277 g/mol. The molecule has 1 fully saturated rings. The van der Waals surface area contributed by atoms with Gasteiger partial charge >= 0.3 is 0 Å². The van der Waals surface area contributed by atoms with Gasteiger partial charge in [-0.3, -0.25) is 4.79 Å². The van der Waals surface area contributed by atoms with E-state index in [1.54, 1.807) is 12.1 Å². The van der Waals surface area contributed by atoms with Crippen molar-refractivity contribution >= 4 is 5.91 Å². The molecule has 1 aliphatic heterocycles. The number of carbonyl (C=O) groups excluding carboxylic acids is 1. The number of rotatable bonds is 4. The zero-order chi connectivity index (χ0) is 14.5. The van der Waals surface area contributed by atoms with Crippen LogP contribution in [0.3, 0.4) is 0 Å². The number of piperidine rings is 1. The Kier molecular flexibility index (Phi) is 4.98. The predicted molar refractivity (Wildman–Crippen MR) is 78.8 cm³/mol. The Balaban J connectivity index is 1.87. The summed E-state index contributed by atoms with van der Waals surface area (Å²) in [4.78, 5) is 14.4. The number of hydrogen-bond acceptors (Lipinski definition) is 4. The lowest BCUT2D eigenvalue weighted by Gasteiger charge is -2.32. The Morgan fingerprint density at radius 3 is 2.75 bits per heavy atom. The molecule has 0 atom stereocenters. The number of aromatic hydroxyl groups is 1. The van der Waals surface area contributed by atoms with Gasteiger partial charge in [-0.05, 0) is 37.5 Å². The molecule has 4 N–H and O–H groups in total. The van der Waals surface area contributed by atoms with Crippen LogP contribution in [-0.4, -0.2) is 48.1 Å². The van der Waals surface area contributed by atoms with Gasteiger partial charge in [-0.15, -0.1) is 0 Å². The molecule has 5 heteroatoms. The highest BCUT2D eigenvalue weighted by molar-refractivity contribution is 5.94. The summed E-state index contributed by atoms with van der Waals surface area (Å²) in [7, 11) is 0. The van der Waals surface area contributed by atoms with Crippen molar-refractivity contribution in [3.8, 4) is 5.75 Å². The molecule has 0 bridgehead atoms. The van der Waals surface area contributed by atoms with Crippen molar-refractivity contribution in [2.45, 2.75) is 25.8 Å². The molecular formula is C15H23N3O2. The van der Waals surface area contributed by atoms with E-state index in [2.05, 4.69) is 10.2 Å². The number of nitrogens with two attached hydrogens (primary N) is 1. The van der Waals surface area contributed by atoms with E-state index in [-0.39, 0.29) is 17.7 Å². The number of nitrogens with zero attached hydrogens (tertiary/aromatic N) is 1. The summed E-state index contributed by atoms with van der Waals surface area (Å²) in [5.41, 5.74) is 6.83. The number of aryl methyl sites for hydroxylation is 1. The van der Waals surface area contributed by atoms with Crippen LogP contribution in [-0.2, 0) is 0 Å². The lowest BCUT2D eigenvalue weighted by atomic mass is 10.0. The maximum atomic E-state index is 12.1. The van der Waals surface area contributed by atoms with Crippen molar-refractivity contribution in [1.82, 2.24) is 10.2 Å². The van der Waals surface area contributed by atoms with E-state index in [0.717, 1.165) is 38.0 Å². The molecular weight excluding hydrogens is 254 g/mol. The van der Waals surface area contributed by atoms with Gasteiger partial charge in [-0.1, -0.05) is 6.07 Å². The number of likely N-dealkylation sites (tertiary alicyclic amines) is 1. The molecule has 0 radical (unpaired) electrons. The highest BCUT2D eigenvalue weighted by atomic mass is 16.3. The zero-order valence-corrected chi connectivity index (χ0v) is 11.9. The summed E-state index contributed by atoms with van der Waals surface area (Å²) >= 11 is 0. The first-order chi connectivity index (χ1) is 9.60. The van der Waals surface area contributed by atoms with Crippen molar-refractivity contribution in [3.63, 3.8) is 0 Å². The number of phenols is 1. The van der Waals surface area contributed by atoms with Crippen LogP contribution in [0.15, 0.2) is 18.2 Å². The van der Waals surface area contributed by atoms with Gasteiger partial charge in [0.2, 0.25) is 0 Å². The third-order valence-electron chi connectivity index (χ3n) is 3.84. The van der Waals surface area contributed by atoms with Gasteiger partial charge in [-0.2, -0.15) is 0 Å². The molecule has 110 valence electrons. The second kappa shape index (κ2) is 6.72. The minimum atomic E-state index is -0.113. The van der Waals surface area contributed by atoms with E-state index in [9.17, 15) is 9.90 Å². The van der Waals surface area contributed by atoms with Gasteiger partial charge in [0, 0.05) is 37.8 Å². The summed E-state index contributed by atoms with van der Waals surface area (Å²) in [6.45, 7) is 5.36. The summed E-state index contributed by atoms with van der Waals surface area (Å²) < 4.78 is 0. The van der Waals surface area contributed by atoms with Crippen LogP contribution in [0.2, 0.25) is 0 Å². The third kappa shape index (κ3) is 3.71. The first-order valence-corrected chi connectivity index (χ1v) is 7.13. The minimum Gasteiger partial charge on any atom is -0.508 e. The van der Waals surface area contributed by atoms with E-state index in [1.807, 2.05) is 6.92 Å².